The molecule has 2 aromatic carbocycles. The van der Waals surface area contributed by atoms with Gasteiger partial charge in [0, 0.05) is 6.42 Å². The van der Waals surface area contributed by atoms with E-state index in [2.05, 4.69) is 19.0 Å². The monoisotopic (exact) mass is 411 g/mol. The van der Waals surface area contributed by atoms with Crippen LogP contribution in [0.15, 0.2) is 41.6 Å². The van der Waals surface area contributed by atoms with Crippen LogP contribution in [0.2, 0.25) is 0 Å². The Morgan fingerprint density at radius 2 is 1.60 bits per heavy atom. The minimum atomic E-state index is 0.575. The Bertz CT molecular complexity index is 864. The van der Waals surface area contributed by atoms with Crippen molar-refractivity contribution < 1.29 is 19.0 Å². The number of hydrogen-bond donors (Lipinski definition) is 0. The highest BCUT2D eigenvalue weighted by Gasteiger charge is 2.09. The molecule has 2 rings (SSSR count). The van der Waals surface area contributed by atoms with Crippen LogP contribution >= 0.6 is 0 Å². The van der Waals surface area contributed by atoms with E-state index in [1.165, 1.54) is 7.11 Å². The van der Waals surface area contributed by atoms with Gasteiger partial charge in [0.2, 0.25) is 0 Å². The van der Waals surface area contributed by atoms with E-state index < -0.39 is 0 Å². The largest absolute Gasteiger partial charge is 0.493 e. The lowest BCUT2D eigenvalue weighted by Gasteiger charge is -2.15. The van der Waals surface area contributed by atoms with Crippen LogP contribution in [0.3, 0.4) is 0 Å². The van der Waals surface area contributed by atoms with Gasteiger partial charge in [-0.3, -0.25) is 0 Å². The SMILES string of the molecule is C/C=C/COc1cc(C)c(OCCCOc2ccc(C=NOC)c(C)c2C)c(C)c1. The first kappa shape index (κ1) is 23.3. The summed E-state index contributed by atoms with van der Waals surface area (Å²) in [5, 5.41) is 3.83. The minimum Gasteiger partial charge on any atom is -0.493 e. The van der Waals surface area contributed by atoms with Gasteiger partial charge in [0.25, 0.3) is 0 Å². The number of oxime groups is 1. The summed E-state index contributed by atoms with van der Waals surface area (Å²) in [5.74, 6) is 2.67. The first-order valence-corrected chi connectivity index (χ1v) is 10.3. The van der Waals surface area contributed by atoms with Crippen molar-refractivity contribution in [3.8, 4) is 17.2 Å². The fourth-order valence-corrected chi connectivity index (χ4v) is 3.10. The third-order valence-electron chi connectivity index (χ3n) is 4.88. The van der Waals surface area contributed by atoms with Crippen molar-refractivity contribution in [3.05, 3.63) is 64.2 Å². The smallest absolute Gasteiger partial charge is 0.125 e. The van der Waals surface area contributed by atoms with E-state index >= 15 is 0 Å². The lowest BCUT2D eigenvalue weighted by Crippen LogP contribution is -2.08. The second-order valence-electron chi connectivity index (χ2n) is 7.14. The van der Waals surface area contributed by atoms with Crippen molar-refractivity contribution in [2.24, 2.45) is 5.16 Å². The molecule has 2 aromatic rings. The summed E-state index contributed by atoms with van der Waals surface area (Å²) in [5.41, 5.74) is 5.41. The average Bonchev–Trinajstić information content (AvgIpc) is 2.72. The van der Waals surface area contributed by atoms with Crippen LogP contribution in [0.1, 0.15) is 41.2 Å². The van der Waals surface area contributed by atoms with E-state index in [-0.39, 0.29) is 0 Å². The van der Waals surface area contributed by atoms with Gasteiger partial charge in [0.15, 0.2) is 0 Å². The Hall–Kier alpha value is -2.95. The van der Waals surface area contributed by atoms with E-state index in [1.807, 2.05) is 57.2 Å². The normalized spacial score (nSPS) is 11.3. The summed E-state index contributed by atoms with van der Waals surface area (Å²) in [6.45, 7) is 11.9. The summed E-state index contributed by atoms with van der Waals surface area (Å²) in [7, 11) is 1.54. The van der Waals surface area contributed by atoms with Crippen molar-refractivity contribution in [3.63, 3.8) is 0 Å². The van der Waals surface area contributed by atoms with Gasteiger partial charge in [-0.25, -0.2) is 0 Å². The number of ether oxygens (including phenoxy) is 3. The van der Waals surface area contributed by atoms with Crippen molar-refractivity contribution in [2.45, 2.75) is 41.0 Å². The molecule has 0 saturated heterocycles. The molecule has 162 valence electrons. The molecule has 0 saturated carbocycles. The predicted molar refractivity (Wildman–Crippen MR) is 122 cm³/mol. The zero-order valence-electron chi connectivity index (χ0n) is 19.0. The van der Waals surface area contributed by atoms with Crippen LogP contribution in [-0.2, 0) is 4.84 Å². The van der Waals surface area contributed by atoms with Crippen LogP contribution in [0.5, 0.6) is 17.2 Å². The van der Waals surface area contributed by atoms with Gasteiger partial charge >= 0.3 is 0 Å². The molecule has 0 heterocycles. The maximum atomic E-state index is 6.02. The zero-order chi connectivity index (χ0) is 21.9. The molecule has 0 N–H and O–H groups in total. The number of benzene rings is 2. The van der Waals surface area contributed by atoms with Gasteiger partial charge in [0.1, 0.15) is 31.0 Å². The lowest BCUT2D eigenvalue weighted by atomic mass is 10.0. The van der Waals surface area contributed by atoms with Gasteiger partial charge in [0.05, 0.1) is 19.4 Å². The summed E-state index contributed by atoms with van der Waals surface area (Å²) in [6, 6.07) is 8.00. The third kappa shape index (κ3) is 6.55. The minimum absolute atomic E-state index is 0.575. The molecule has 30 heavy (non-hydrogen) atoms. The Balaban J connectivity index is 1.86. The summed E-state index contributed by atoms with van der Waals surface area (Å²) in [6.07, 6.45) is 6.47. The lowest BCUT2D eigenvalue weighted by molar-refractivity contribution is 0.215. The summed E-state index contributed by atoms with van der Waals surface area (Å²) in [4.78, 5) is 4.76. The first-order valence-electron chi connectivity index (χ1n) is 10.3. The molecule has 0 aliphatic carbocycles. The van der Waals surface area contributed by atoms with E-state index in [9.17, 15) is 0 Å². The number of rotatable bonds is 11. The van der Waals surface area contributed by atoms with Gasteiger partial charge in [-0.15, -0.1) is 0 Å². The Morgan fingerprint density at radius 1 is 0.900 bits per heavy atom. The Labute approximate surface area is 180 Å². The van der Waals surface area contributed by atoms with E-state index in [0.29, 0.717) is 19.8 Å². The Morgan fingerprint density at radius 3 is 2.27 bits per heavy atom. The first-order chi connectivity index (χ1) is 14.5. The van der Waals surface area contributed by atoms with Crippen LogP contribution in [0.25, 0.3) is 0 Å². The molecule has 0 fully saturated rings. The van der Waals surface area contributed by atoms with Crippen molar-refractivity contribution in [1.29, 1.82) is 0 Å². The molecule has 0 bridgehead atoms. The van der Waals surface area contributed by atoms with Gasteiger partial charge in [-0.1, -0.05) is 17.3 Å². The van der Waals surface area contributed by atoms with Crippen LogP contribution in [-0.4, -0.2) is 33.1 Å². The summed E-state index contributed by atoms with van der Waals surface area (Å²) < 4.78 is 17.7. The van der Waals surface area contributed by atoms with Gasteiger partial charge in [-0.05, 0) is 86.7 Å². The van der Waals surface area contributed by atoms with Crippen molar-refractivity contribution >= 4 is 6.21 Å². The maximum absolute atomic E-state index is 6.02. The number of hydrogen-bond acceptors (Lipinski definition) is 5. The quantitative estimate of drug-likeness (QED) is 0.206. The molecule has 0 aromatic heterocycles. The second kappa shape index (κ2) is 11.9. The van der Waals surface area contributed by atoms with E-state index in [1.54, 1.807) is 6.21 Å². The molecule has 0 amide bonds. The van der Waals surface area contributed by atoms with E-state index in [4.69, 9.17) is 19.0 Å². The maximum Gasteiger partial charge on any atom is 0.125 e. The number of nitrogens with zero attached hydrogens (tertiary/aromatic N) is 1. The zero-order valence-corrected chi connectivity index (χ0v) is 19.0. The average molecular weight is 412 g/mol. The number of aryl methyl sites for hydroxylation is 2. The fourth-order valence-electron chi connectivity index (χ4n) is 3.10. The number of allylic oxidation sites excluding steroid dienone is 1. The summed E-state index contributed by atoms with van der Waals surface area (Å²) >= 11 is 0. The molecule has 5 heteroatoms. The second-order valence-corrected chi connectivity index (χ2v) is 7.14. The fraction of sp³-hybridized carbons (Fsp3) is 0.400. The standard InChI is InChI=1S/C25H33NO4/c1-7-8-12-28-23-15-18(2)25(19(3)16-23)30-14-9-13-29-24-11-10-22(17-26-27-6)20(4)21(24)5/h7-8,10-11,15-17H,9,12-14H2,1-6H3/b8-7+,26-17?. The topological polar surface area (TPSA) is 49.3 Å². The molecular weight excluding hydrogens is 378 g/mol. The van der Waals surface area contributed by atoms with Crippen LogP contribution in [0, 0.1) is 27.7 Å². The molecule has 5 nitrogen and oxygen atoms in total. The van der Waals surface area contributed by atoms with Gasteiger partial charge < -0.3 is 19.0 Å². The molecule has 0 atom stereocenters. The molecule has 0 unspecified atom stereocenters. The molecular formula is C25H33NO4. The highest BCUT2D eigenvalue weighted by Crippen LogP contribution is 2.29. The van der Waals surface area contributed by atoms with Crippen LogP contribution in [0.4, 0.5) is 0 Å². The molecule has 0 radical (unpaired) electrons. The Kier molecular flexibility index (Phi) is 9.26. The van der Waals surface area contributed by atoms with Gasteiger partial charge in [-0.2, -0.15) is 0 Å². The van der Waals surface area contributed by atoms with E-state index in [0.717, 1.165) is 51.5 Å². The molecule has 0 spiro atoms. The molecule has 0 aliphatic rings. The highest BCUT2D eigenvalue weighted by atomic mass is 16.6. The van der Waals surface area contributed by atoms with Crippen molar-refractivity contribution in [2.75, 3.05) is 26.9 Å². The van der Waals surface area contributed by atoms with Crippen molar-refractivity contribution in [1.82, 2.24) is 0 Å². The van der Waals surface area contributed by atoms with Crippen LogP contribution < -0.4 is 14.2 Å². The third-order valence-corrected chi connectivity index (χ3v) is 4.88. The highest BCUT2D eigenvalue weighted by molar-refractivity contribution is 5.82. The molecule has 0 aliphatic heterocycles. The predicted octanol–water partition coefficient (Wildman–Crippen LogP) is 5.70.